The number of hydrogen-bond acceptors (Lipinski definition) is 4. The standard InChI is InChI=1S/C15H13ClN2O2S/c16-11-4-3-10(21-11)14-12-7(1-2-9(12)19)18-8-5-6-17-15(20)13(8)14/h3-4,14,18H,1-2,5-6H2,(H,17,20). The van der Waals surface area contributed by atoms with E-state index in [9.17, 15) is 9.59 Å². The highest BCUT2D eigenvalue weighted by molar-refractivity contribution is 7.16. The van der Waals surface area contributed by atoms with Crippen LogP contribution in [0.3, 0.4) is 0 Å². The van der Waals surface area contributed by atoms with Crippen LogP contribution in [0.25, 0.3) is 0 Å². The number of thiophene rings is 1. The second-order valence-electron chi connectivity index (χ2n) is 5.41. The molecule has 2 aliphatic heterocycles. The molecule has 3 aliphatic rings. The molecule has 1 amide bonds. The lowest BCUT2D eigenvalue weighted by Gasteiger charge is -2.32. The highest BCUT2D eigenvalue weighted by Gasteiger charge is 2.42. The Bertz CT molecular complexity index is 732. The molecule has 1 aliphatic carbocycles. The Morgan fingerprint density at radius 3 is 2.67 bits per heavy atom. The second-order valence-corrected chi connectivity index (χ2v) is 7.16. The van der Waals surface area contributed by atoms with Crippen LogP contribution < -0.4 is 10.6 Å². The molecule has 0 bridgehead atoms. The summed E-state index contributed by atoms with van der Waals surface area (Å²) in [6, 6.07) is 3.75. The number of dihydropyridines is 1. The number of carbonyl (C=O) groups is 2. The molecule has 2 N–H and O–H groups in total. The molecule has 0 fully saturated rings. The summed E-state index contributed by atoms with van der Waals surface area (Å²) in [5.74, 6) is -0.203. The Hall–Kier alpha value is -1.59. The number of Topliss-reactive ketones (excluding diaryl/α,β-unsaturated/α-hetero) is 1. The van der Waals surface area contributed by atoms with Gasteiger partial charge in [0.05, 0.1) is 10.3 Å². The minimum Gasteiger partial charge on any atom is -0.361 e. The summed E-state index contributed by atoms with van der Waals surface area (Å²) in [4.78, 5) is 25.6. The molecule has 6 heteroatoms. The molecular weight excluding hydrogens is 308 g/mol. The van der Waals surface area contributed by atoms with Crippen LogP contribution in [-0.2, 0) is 9.59 Å². The van der Waals surface area contributed by atoms with Crippen molar-refractivity contribution in [3.05, 3.63) is 43.9 Å². The van der Waals surface area contributed by atoms with Gasteiger partial charge in [-0.2, -0.15) is 0 Å². The summed E-state index contributed by atoms with van der Waals surface area (Å²) in [6.07, 6.45) is 2.04. The minimum atomic E-state index is -0.260. The van der Waals surface area contributed by atoms with Crippen LogP contribution >= 0.6 is 22.9 Å². The van der Waals surface area contributed by atoms with Crippen LogP contribution in [0.4, 0.5) is 0 Å². The first-order valence-electron chi connectivity index (χ1n) is 6.95. The van der Waals surface area contributed by atoms with Gasteiger partial charge in [0.25, 0.3) is 0 Å². The molecule has 0 aromatic carbocycles. The number of halogens is 1. The molecule has 108 valence electrons. The number of carbonyl (C=O) groups excluding carboxylic acids is 2. The molecular formula is C15H13ClN2O2S. The van der Waals surface area contributed by atoms with Crippen LogP contribution in [0.1, 0.15) is 30.1 Å². The van der Waals surface area contributed by atoms with Crippen molar-refractivity contribution in [3.8, 4) is 0 Å². The fourth-order valence-electron chi connectivity index (χ4n) is 3.34. The first-order valence-corrected chi connectivity index (χ1v) is 8.14. The van der Waals surface area contributed by atoms with E-state index in [1.807, 2.05) is 12.1 Å². The number of rotatable bonds is 1. The zero-order valence-electron chi connectivity index (χ0n) is 11.2. The number of allylic oxidation sites excluding steroid dienone is 2. The summed E-state index contributed by atoms with van der Waals surface area (Å²) in [5, 5.41) is 6.22. The van der Waals surface area contributed by atoms with E-state index in [4.69, 9.17) is 11.6 Å². The molecule has 1 unspecified atom stereocenters. The van der Waals surface area contributed by atoms with Crippen LogP contribution in [0.15, 0.2) is 34.7 Å². The molecule has 3 heterocycles. The van der Waals surface area contributed by atoms with Gasteiger partial charge in [-0.05, 0) is 18.6 Å². The van der Waals surface area contributed by atoms with Crippen molar-refractivity contribution >= 4 is 34.6 Å². The molecule has 4 nitrogen and oxygen atoms in total. The van der Waals surface area contributed by atoms with Gasteiger partial charge >= 0.3 is 0 Å². The van der Waals surface area contributed by atoms with Gasteiger partial charge in [-0.25, -0.2) is 0 Å². The third-order valence-electron chi connectivity index (χ3n) is 4.22. The normalized spacial score (nSPS) is 24.7. The SMILES string of the molecule is O=C1CCC2=C1C(c1ccc(Cl)s1)C1=C(CCNC1=O)N2. The van der Waals surface area contributed by atoms with Gasteiger partial charge in [0, 0.05) is 46.8 Å². The fraction of sp³-hybridized carbons (Fsp3) is 0.333. The van der Waals surface area contributed by atoms with Gasteiger partial charge < -0.3 is 10.6 Å². The van der Waals surface area contributed by atoms with E-state index in [1.165, 1.54) is 11.3 Å². The lowest BCUT2D eigenvalue weighted by Crippen LogP contribution is -2.40. The number of ketones is 1. The average Bonchev–Trinajstić information content (AvgIpc) is 3.04. The van der Waals surface area contributed by atoms with Gasteiger partial charge in [0.1, 0.15) is 0 Å². The molecule has 0 radical (unpaired) electrons. The predicted molar refractivity (Wildman–Crippen MR) is 81.1 cm³/mol. The third-order valence-corrected chi connectivity index (χ3v) is 5.51. The first-order chi connectivity index (χ1) is 10.1. The van der Waals surface area contributed by atoms with Gasteiger partial charge in [-0.15, -0.1) is 11.3 Å². The van der Waals surface area contributed by atoms with Crippen molar-refractivity contribution in [3.63, 3.8) is 0 Å². The van der Waals surface area contributed by atoms with E-state index in [0.717, 1.165) is 34.7 Å². The highest BCUT2D eigenvalue weighted by atomic mass is 35.5. The van der Waals surface area contributed by atoms with Crippen molar-refractivity contribution in [2.24, 2.45) is 0 Å². The Morgan fingerprint density at radius 2 is 1.90 bits per heavy atom. The van der Waals surface area contributed by atoms with E-state index < -0.39 is 0 Å². The minimum absolute atomic E-state index is 0.0791. The third kappa shape index (κ3) is 1.95. The van der Waals surface area contributed by atoms with Crippen LogP contribution in [-0.4, -0.2) is 18.2 Å². The van der Waals surface area contributed by atoms with Gasteiger partial charge in [0.2, 0.25) is 5.91 Å². The quantitative estimate of drug-likeness (QED) is 0.836. The van der Waals surface area contributed by atoms with Crippen molar-refractivity contribution < 1.29 is 9.59 Å². The largest absolute Gasteiger partial charge is 0.361 e. The second kappa shape index (κ2) is 4.71. The monoisotopic (exact) mass is 320 g/mol. The van der Waals surface area contributed by atoms with Crippen LogP contribution in [0.5, 0.6) is 0 Å². The van der Waals surface area contributed by atoms with E-state index >= 15 is 0 Å². The molecule has 1 aromatic rings. The molecule has 0 spiro atoms. The summed E-state index contributed by atoms with van der Waals surface area (Å²) < 4.78 is 0.675. The predicted octanol–water partition coefficient (Wildman–Crippen LogP) is 2.48. The van der Waals surface area contributed by atoms with Crippen molar-refractivity contribution in [2.75, 3.05) is 6.54 Å². The Labute approximate surface area is 130 Å². The molecule has 4 rings (SSSR count). The molecule has 0 saturated heterocycles. The van der Waals surface area contributed by atoms with E-state index in [-0.39, 0.29) is 17.6 Å². The first kappa shape index (κ1) is 13.1. The van der Waals surface area contributed by atoms with Crippen LogP contribution in [0, 0.1) is 0 Å². The average molecular weight is 321 g/mol. The Morgan fingerprint density at radius 1 is 1.10 bits per heavy atom. The summed E-state index contributed by atoms with van der Waals surface area (Å²) in [6.45, 7) is 0.638. The zero-order chi connectivity index (χ0) is 14.6. The van der Waals surface area contributed by atoms with Gasteiger partial charge in [-0.3, -0.25) is 9.59 Å². The zero-order valence-corrected chi connectivity index (χ0v) is 12.7. The Balaban J connectivity index is 1.90. The maximum Gasteiger partial charge on any atom is 0.249 e. The molecule has 1 atom stereocenters. The van der Waals surface area contributed by atoms with E-state index in [1.54, 1.807) is 0 Å². The van der Waals surface area contributed by atoms with E-state index in [2.05, 4.69) is 10.6 Å². The van der Waals surface area contributed by atoms with Gasteiger partial charge in [-0.1, -0.05) is 11.6 Å². The maximum atomic E-state index is 12.3. The highest BCUT2D eigenvalue weighted by Crippen LogP contribution is 2.46. The molecule has 1 aromatic heterocycles. The maximum absolute atomic E-state index is 12.3. The lowest BCUT2D eigenvalue weighted by molar-refractivity contribution is -0.118. The fourth-order valence-corrected chi connectivity index (χ4v) is 4.52. The van der Waals surface area contributed by atoms with Gasteiger partial charge in [0.15, 0.2) is 5.78 Å². The van der Waals surface area contributed by atoms with Crippen molar-refractivity contribution in [1.82, 2.24) is 10.6 Å². The lowest BCUT2D eigenvalue weighted by atomic mass is 9.82. The molecule has 0 saturated carbocycles. The van der Waals surface area contributed by atoms with Crippen molar-refractivity contribution in [2.45, 2.75) is 25.2 Å². The molecule has 21 heavy (non-hydrogen) atoms. The number of hydrogen-bond donors (Lipinski definition) is 2. The Kier molecular flexibility index (Phi) is 2.94. The summed E-state index contributed by atoms with van der Waals surface area (Å²) >= 11 is 7.50. The topological polar surface area (TPSA) is 58.2 Å². The summed E-state index contributed by atoms with van der Waals surface area (Å²) in [7, 11) is 0. The van der Waals surface area contributed by atoms with Crippen molar-refractivity contribution in [1.29, 1.82) is 0 Å². The number of nitrogens with one attached hydrogen (secondary N) is 2. The van der Waals surface area contributed by atoms with E-state index in [0.29, 0.717) is 22.9 Å². The smallest absolute Gasteiger partial charge is 0.249 e. The number of amides is 1. The van der Waals surface area contributed by atoms with Crippen LogP contribution in [0.2, 0.25) is 4.34 Å². The summed E-state index contributed by atoms with van der Waals surface area (Å²) in [5.41, 5.74) is 3.39.